The van der Waals surface area contributed by atoms with Gasteiger partial charge in [0.1, 0.15) is 12.7 Å². The van der Waals surface area contributed by atoms with E-state index in [0.717, 1.165) is 31.1 Å². The Labute approximate surface area is 107 Å². The quantitative estimate of drug-likeness (QED) is 0.754. The molecule has 0 bridgehead atoms. The van der Waals surface area contributed by atoms with Gasteiger partial charge in [0.05, 0.1) is 0 Å². The third-order valence-corrected chi connectivity index (χ3v) is 3.05. The summed E-state index contributed by atoms with van der Waals surface area (Å²) in [4.78, 5) is 2.27. The zero-order chi connectivity index (χ0) is 12.1. The molecule has 0 unspecified atom stereocenters. The summed E-state index contributed by atoms with van der Waals surface area (Å²) in [5, 5.41) is 0. The third kappa shape index (κ3) is 3.27. The van der Waals surface area contributed by atoms with Crippen LogP contribution in [0.1, 0.15) is 6.92 Å². The number of fused-ring (bicyclic) bond motifs is 1. The Hall–Kier alpha value is -0.930. The Balaban J connectivity index is 1.93. The molecule has 1 aliphatic heterocycles. The van der Waals surface area contributed by atoms with E-state index < -0.39 is 0 Å². The van der Waals surface area contributed by atoms with Crippen LogP contribution in [0.5, 0.6) is 11.5 Å². The minimum Gasteiger partial charge on any atom is -0.486 e. The number of hydrogen-bond donors (Lipinski definition) is 0. The second-order valence-corrected chi connectivity index (χ2v) is 4.46. The zero-order valence-electron chi connectivity index (χ0n) is 10.1. The largest absolute Gasteiger partial charge is 0.486 e. The van der Waals surface area contributed by atoms with E-state index >= 15 is 0 Å². The summed E-state index contributed by atoms with van der Waals surface area (Å²) in [5.74, 6) is 2.33. The van der Waals surface area contributed by atoms with Crippen LogP contribution in [0.4, 0.5) is 0 Å². The molecule has 0 amide bonds. The lowest BCUT2D eigenvalue weighted by molar-refractivity contribution is 0.0617. The molecule has 0 spiro atoms. The van der Waals surface area contributed by atoms with E-state index in [0.29, 0.717) is 12.5 Å². The molecular weight excluding hydrogens is 238 g/mol. The highest BCUT2D eigenvalue weighted by molar-refractivity contribution is 6.18. The first-order chi connectivity index (χ1) is 8.33. The predicted molar refractivity (Wildman–Crippen MR) is 69.2 cm³/mol. The zero-order valence-corrected chi connectivity index (χ0v) is 10.8. The van der Waals surface area contributed by atoms with E-state index in [1.54, 1.807) is 0 Å². The van der Waals surface area contributed by atoms with Crippen LogP contribution < -0.4 is 9.47 Å². The van der Waals surface area contributed by atoms with Crippen molar-refractivity contribution in [3.05, 3.63) is 24.3 Å². The molecule has 3 nitrogen and oxygen atoms in total. The summed E-state index contributed by atoms with van der Waals surface area (Å²) in [6, 6.07) is 7.79. The lowest BCUT2D eigenvalue weighted by atomic mass is 10.2. The highest BCUT2D eigenvalue weighted by atomic mass is 35.5. The van der Waals surface area contributed by atoms with Crippen LogP contribution in [0.25, 0.3) is 0 Å². The van der Waals surface area contributed by atoms with Gasteiger partial charge in [-0.3, -0.25) is 4.90 Å². The van der Waals surface area contributed by atoms with Crippen molar-refractivity contribution in [3.63, 3.8) is 0 Å². The molecule has 1 aliphatic rings. The second kappa shape index (κ2) is 6.12. The summed E-state index contributed by atoms with van der Waals surface area (Å²) >= 11 is 5.76. The van der Waals surface area contributed by atoms with Gasteiger partial charge >= 0.3 is 0 Å². The first-order valence-corrected chi connectivity index (χ1v) is 6.53. The van der Waals surface area contributed by atoms with Crippen molar-refractivity contribution < 1.29 is 9.47 Å². The highest BCUT2D eigenvalue weighted by Gasteiger charge is 2.22. The van der Waals surface area contributed by atoms with Crippen LogP contribution in [0.2, 0.25) is 0 Å². The molecule has 0 N–H and O–H groups in total. The molecule has 0 saturated carbocycles. The minimum absolute atomic E-state index is 0.0908. The van der Waals surface area contributed by atoms with E-state index in [1.807, 2.05) is 24.3 Å². The summed E-state index contributed by atoms with van der Waals surface area (Å²) in [5.41, 5.74) is 0. The summed E-state index contributed by atoms with van der Waals surface area (Å²) in [6.07, 6.45) is 0.0908. The van der Waals surface area contributed by atoms with Gasteiger partial charge in [-0.25, -0.2) is 0 Å². The van der Waals surface area contributed by atoms with Crippen molar-refractivity contribution in [2.45, 2.75) is 13.0 Å². The normalized spacial score (nSPS) is 18.4. The molecule has 4 heteroatoms. The van der Waals surface area contributed by atoms with Crippen molar-refractivity contribution in [2.24, 2.45) is 0 Å². The van der Waals surface area contributed by atoms with Crippen LogP contribution in [0.3, 0.4) is 0 Å². The van der Waals surface area contributed by atoms with Crippen LogP contribution in [-0.2, 0) is 0 Å². The van der Waals surface area contributed by atoms with Crippen LogP contribution in [-0.4, -0.2) is 43.1 Å². The van der Waals surface area contributed by atoms with Crippen molar-refractivity contribution in [3.8, 4) is 11.5 Å². The average molecular weight is 256 g/mol. The minimum atomic E-state index is 0.0908. The molecule has 1 heterocycles. The van der Waals surface area contributed by atoms with Gasteiger partial charge in [0.25, 0.3) is 0 Å². The molecule has 1 aromatic rings. The van der Waals surface area contributed by atoms with Crippen LogP contribution in [0.15, 0.2) is 24.3 Å². The van der Waals surface area contributed by atoms with Gasteiger partial charge in [0.15, 0.2) is 11.5 Å². The molecule has 0 fully saturated rings. The summed E-state index contributed by atoms with van der Waals surface area (Å²) < 4.78 is 11.6. The lowest BCUT2D eigenvalue weighted by Gasteiger charge is -2.30. The van der Waals surface area contributed by atoms with E-state index in [-0.39, 0.29) is 6.10 Å². The number of para-hydroxylation sites is 2. The smallest absolute Gasteiger partial charge is 0.161 e. The molecule has 0 saturated heterocycles. The van der Waals surface area contributed by atoms with E-state index in [2.05, 4.69) is 11.8 Å². The second-order valence-electron chi connectivity index (χ2n) is 4.08. The molecule has 94 valence electrons. The van der Waals surface area contributed by atoms with Gasteiger partial charge in [-0.1, -0.05) is 19.1 Å². The van der Waals surface area contributed by atoms with Crippen LogP contribution >= 0.6 is 11.6 Å². The third-order valence-electron chi connectivity index (χ3n) is 2.88. The molecule has 0 aromatic heterocycles. The van der Waals surface area contributed by atoms with E-state index in [9.17, 15) is 0 Å². The monoisotopic (exact) mass is 255 g/mol. The highest BCUT2D eigenvalue weighted by Crippen LogP contribution is 2.30. The van der Waals surface area contributed by atoms with Gasteiger partial charge < -0.3 is 9.47 Å². The standard InChI is InChI=1S/C13H18ClNO2/c1-2-15(8-7-14)9-11-10-16-12-5-3-4-6-13(12)17-11/h3-6,11H,2,7-10H2,1H3/t11-/m1/s1. The number of likely N-dealkylation sites (N-methyl/N-ethyl adjacent to an activating group) is 1. The van der Waals surface area contributed by atoms with Crippen molar-refractivity contribution in [1.29, 1.82) is 0 Å². The number of ether oxygens (including phenoxy) is 2. The van der Waals surface area contributed by atoms with Crippen molar-refractivity contribution in [2.75, 3.05) is 32.1 Å². The Morgan fingerprint density at radius 1 is 1.35 bits per heavy atom. The van der Waals surface area contributed by atoms with E-state index in [4.69, 9.17) is 21.1 Å². The number of halogens is 1. The van der Waals surface area contributed by atoms with E-state index in [1.165, 1.54) is 0 Å². The number of alkyl halides is 1. The van der Waals surface area contributed by atoms with Crippen molar-refractivity contribution in [1.82, 2.24) is 4.90 Å². The topological polar surface area (TPSA) is 21.7 Å². The molecule has 17 heavy (non-hydrogen) atoms. The Kier molecular flexibility index (Phi) is 4.51. The Morgan fingerprint density at radius 2 is 2.12 bits per heavy atom. The maximum absolute atomic E-state index is 5.90. The van der Waals surface area contributed by atoms with Gasteiger partial charge in [-0.05, 0) is 18.7 Å². The maximum atomic E-state index is 5.90. The number of nitrogens with zero attached hydrogens (tertiary/aromatic N) is 1. The summed E-state index contributed by atoms with van der Waals surface area (Å²) in [6.45, 7) is 5.46. The van der Waals surface area contributed by atoms with Crippen molar-refractivity contribution >= 4 is 11.6 Å². The average Bonchev–Trinajstić information content (AvgIpc) is 2.38. The number of benzene rings is 1. The SMILES string of the molecule is CCN(CCCl)C[C@@H]1COc2ccccc2O1. The molecular formula is C13H18ClNO2. The lowest BCUT2D eigenvalue weighted by Crippen LogP contribution is -2.41. The maximum Gasteiger partial charge on any atom is 0.161 e. The van der Waals surface area contributed by atoms with Gasteiger partial charge in [-0.2, -0.15) is 0 Å². The summed E-state index contributed by atoms with van der Waals surface area (Å²) in [7, 11) is 0. The Bertz CT molecular complexity index is 359. The molecule has 1 aromatic carbocycles. The fraction of sp³-hybridized carbons (Fsp3) is 0.538. The fourth-order valence-corrected chi connectivity index (χ4v) is 2.18. The van der Waals surface area contributed by atoms with Gasteiger partial charge in [0, 0.05) is 19.0 Å². The number of rotatable bonds is 5. The molecule has 0 radical (unpaired) electrons. The predicted octanol–water partition coefficient (Wildman–Crippen LogP) is 2.39. The molecule has 2 rings (SSSR count). The molecule has 1 atom stereocenters. The van der Waals surface area contributed by atoms with Gasteiger partial charge in [0.2, 0.25) is 0 Å². The van der Waals surface area contributed by atoms with Gasteiger partial charge in [-0.15, -0.1) is 11.6 Å². The fourth-order valence-electron chi connectivity index (χ4n) is 1.94. The Morgan fingerprint density at radius 3 is 2.82 bits per heavy atom. The number of hydrogen-bond acceptors (Lipinski definition) is 3. The first kappa shape index (κ1) is 12.5. The van der Waals surface area contributed by atoms with Crippen LogP contribution in [0, 0.1) is 0 Å². The first-order valence-electron chi connectivity index (χ1n) is 6.00. The molecule has 0 aliphatic carbocycles.